The number of carbonyl (C=O) groups excluding carboxylic acids is 5. The number of rotatable bonds is 4. The Bertz CT molecular complexity index is 1540. The largest absolute Gasteiger partial charge is 0.502 e. The molecule has 2 aliphatic carbocycles. The number of aromatic hydroxyl groups is 1. The molecule has 11 heteroatoms. The molecule has 2 aliphatic heterocycles. The zero-order chi connectivity index (χ0) is 30.1. The zero-order valence-corrected chi connectivity index (χ0v) is 23.5. The number of allylic oxidation sites excluding steroid dienone is 2. The summed E-state index contributed by atoms with van der Waals surface area (Å²) in [5.74, 6) is -6.01. The summed E-state index contributed by atoms with van der Waals surface area (Å²) >= 11 is 0. The first kappa shape index (κ1) is 27.5. The van der Waals surface area contributed by atoms with Crippen LogP contribution in [0, 0.1) is 29.1 Å². The molecule has 0 aromatic heterocycles. The minimum atomic E-state index is -1.29. The summed E-state index contributed by atoms with van der Waals surface area (Å²) in [6.07, 6.45) is 1.11. The first-order valence-corrected chi connectivity index (χ1v) is 13.6. The number of methoxy groups -OCH3 is 3. The molecule has 2 aromatic carbocycles. The molecule has 42 heavy (non-hydrogen) atoms. The van der Waals surface area contributed by atoms with Crippen LogP contribution in [-0.2, 0) is 23.9 Å². The third-order valence-corrected chi connectivity index (χ3v) is 9.48. The molecule has 0 radical (unpaired) electrons. The number of hydrogen-bond acceptors (Lipinski definition) is 9. The summed E-state index contributed by atoms with van der Waals surface area (Å²) in [4.78, 5) is 69.5. The minimum absolute atomic E-state index is 0.113. The van der Waals surface area contributed by atoms with Gasteiger partial charge in [0.2, 0.25) is 29.4 Å². The molecule has 0 spiro atoms. The van der Waals surface area contributed by atoms with Gasteiger partial charge in [-0.2, -0.15) is 4.90 Å². The normalized spacial score (nSPS) is 30.0. The van der Waals surface area contributed by atoms with Crippen molar-refractivity contribution in [2.45, 2.75) is 25.7 Å². The predicted octanol–water partition coefficient (Wildman–Crippen LogP) is 3.41. The smallest absolute Gasteiger partial charge is 0.423 e. The van der Waals surface area contributed by atoms with Crippen LogP contribution in [0.4, 0.5) is 10.5 Å². The molecule has 1 saturated carbocycles. The van der Waals surface area contributed by atoms with Gasteiger partial charge in [0, 0.05) is 5.92 Å². The molecule has 6 atom stereocenters. The van der Waals surface area contributed by atoms with Crippen molar-refractivity contribution >= 4 is 35.4 Å². The number of anilines is 1. The number of carbonyl (C=O) groups is 5. The van der Waals surface area contributed by atoms with Gasteiger partial charge in [0.1, 0.15) is 0 Å². The van der Waals surface area contributed by atoms with E-state index in [9.17, 15) is 29.1 Å². The Morgan fingerprint density at radius 3 is 2.17 bits per heavy atom. The van der Waals surface area contributed by atoms with E-state index in [0.717, 1.165) is 7.11 Å². The highest BCUT2D eigenvalue weighted by Gasteiger charge is 2.68. The van der Waals surface area contributed by atoms with Gasteiger partial charge in [0.05, 0.1) is 50.2 Å². The fraction of sp³-hybridized carbons (Fsp3) is 0.387. The van der Waals surface area contributed by atoms with Gasteiger partial charge in [-0.1, -0.05) is 29.8 Å². The van der Waals surface area contributed by atoms with Crippen LogP contribution in [0.3, 0.4) is 0 Å². The number of likely N-dealkylation sites (tertiary alicyclic amines) is 1. The van der Waals surface area contributed by atoms with E-state index in [1.165, 1.54) is 19.1 Å². The molecule has 6 rings (SSSR count). The monoisotopic (exact) mass is 574 g/mol. The molecule has 0 unspecified atom stereocenters. The van der Waals surface area contributed by atoms with Crippen LogP contribution in [0.1, 0.15) is 31.2 Å². The molecule has 11 nitrogen and oxygen atoms in total. The van der Waals surface area contributed by atoms with Crippen molar-refractivity contribution in [1.82, 2.24) is 4.90 Å². The number of nitrogens with zero attached hydrogens (tertiary/aromatic N) is 2. The highest BCUT2D eigenvalue weighted by atomic mass is 16.5. The molecular formula is C31H30N2O9. The van der Waals surface area contributed by atoms with Crippen LogP contribution in [0.2, 0.25) is 0 Å². The quantitative estimate of drug-likeness (QED) is 0.430. The Morgan fingerprint density at radius 2 is 1.57 bits per heavy atom. The lowest BCUT2D eigenvalue weighted by Crippen LogP contribution is -2.49. The molecule has 3 fully saturated rings. The summed E-state index contributed by atoms with van der Waals surface area (Å²) in [7, 11) is 3.88. The Hall–Kier alpha value is -4.67. The maximum absolute atomic E-state index is 14.4. The van der Waals surface area contributed by atoms with E-state index in [4.69, 9.17) is 14.2 Å². The Balaban J connectivity index is 1.56. The number of benzene rings is 2. The van der Waals surface area contributed by atoms with Crippen molar-refractivity contribution in [2.24, 2.45) is 29.1 Å². The van der Waals surface area contributed by atoms with E-state index in [0.29, 0.717) is 21.7 Å². The van der Waals surface area contributed by atoms with Crippen molar-refractivity contribution in [3.8, 4) is 17.2 Å². The van der Waals surface area contributed by atoms with Crippen molar-refractivity contribution in [1.29, 1.82) is 0 Å². The van der Waals surface area contributed by atoms with Crippen LogP contribution >= 0.6 is 0 Å². The average molecular weight is 575 g/mol. The van der Waals surface area contributed by atoms with Crippen LogP contribution in [0.15, 0.2) is 54.1 Å². The standard InChI is InChI=1S/C31H30N2O9/c1-31-20(27(36)32(29(31)38)16-8-6-5-7-9-16)14-19-17(24(31)15-12-21(40-2)25(34)22(13-15)41-3)10-11-18-23(19)28(37)33(26(18)35)30(39)42-4/h5-10,12-13,18-20,23-24,34H,11,14H2,1-4H3/t18-,19+,20-,23-,24-,31+/m0/s1. The number of amides is 5. The average Bonchev–Trinajstić information content (AvgIpc) is 3.37. The SMILES string of the molecule is COC(=O)N1C(=O)[C@H]2[C@H](CC=C3[C@H]2C[C@H]2C(=O)N(c4ccccc4)C(=O)[C@@]2(C)[C@H]3c2cc(OC)c(O)c(OC)c2)C1=O. The summed E-state index contributed by atoms with van der Waals surface area (Å²) in [6, 6.07) is 11.9. The van der Waals surface area contributed by atoms with Crippen molar-refractivity contribution < 1.29 is 43.3 Å². The maximum Gasteiger partial charge on any atom is 0.423 e. The third-order valence-electron chi connectivity index (χ3n) is 9.48. The molecule has 218 valence electrons. The van der Waals surface area contributed by atoms with Gasteiger partial charge >= 0.3 is 6.09 Å². The second-order valence-corrected chi connectivity index (χ2v) is 11.3. The van der Waals surface area contributed by atoms with Crippen LogP contribution < -0.4 is 14.4 Å². The number of imide groups is 4. The lowest BCUT2D eigenvalue weighted by molar-refractivity contribution is -0.138. The second-order valence-electron chi connectivity index (χ2n) is 11.3. The van der Waals surface area contributed by atoms with Gasteiger partial charge in [-0.3, -0.25) is 19.2 Å². The number of hydrogen-bond donors (Lipinski definition) is 1. The molecule has 2 saturated heterocycles. The van der Waals surface area contributed by atoms with E-state index in [-0.39, 0.29) is 30.1 Å². The van der Waals surface area contributed by atoms with Gasteiger partial charge in [-0.05, 0) is 55.5 Å². The fourth-order valence-corrected chi connectivity index (χ4v) is 7.57. The molecule has 2 heterocycles. The van der Waals surface area contributed by atoms with Crippen LogP contribution in [-0.4, -0.2) is 61.1 Å². The fourth-order valence-electron chi connectivity index (χ4n) is 7.57. The van der Waals surface area contributed by atoms with E-state index in [1.807, 2.05) is 6.08 Å². The number of ether oxygens (including phenoxy) is 3. The van der Waals surface area contributed by atoms with Gasteiger partial charge < -0.3 is 19.3 Å². The lowest BCUT2D eigenvalue weighted by atomic mass is 9.51. The summed E-state index contributed by atoms with van der Waals surface area (Å²) in [5.41, 5.74) is 0.402. The Labute approximate surface area is 241 Å². The lowest BCUT2D eigenvalue weighted by Gasteiger charge is -2.49. The molecule has 5 amide bonds. The Kier molecular flexibility index (Phi) is 6.36. The molecule has 4 aliphatic rings. The number of phenols is 1. The van der Waals surface area contributed by atoms with Gasteiger partial charge in [0.15, 0.2) is 11.5 Å². The number of para-hydroxylation sites is 1. The van der Waals surface area contributed by atoms with Crippen molar-refractivity contribution in [3.05, 3.63) is 59.7 Å². The zero-order valence-electron chi connectivity index (χ0n) is 23.5. The maximum atomic E-state index is 14.4. The first-order valence-electron chi connectivity index (χ1n) is 13.6. The van der Waals surface area contributed by atoms with Gasteiger partial charge in [-0.25, -0.2) is 9.69 Å². The van der Waals surface area contributed by atoms with Crippen molar-refractivity contribution in [2.75, 3.05) is 26.2 Å². The van der Waals surface area contributed by atoms with E-state index in [1.54, 1.807) is 49.4 Å². The molecular weight excluding hydrogens is 544 g/mol. The van der Waals surface area contributed by atoms with Gasteiger partial charge in [0.25, 0.3) is 0 Å². The van der Waals surface area contributed by atoms with E-state index < -0.39 is 64.7 Å². The van der Waals surface area contributed by atoms with E-state index >= 15 is 0 Å². The first-order chi connectivity index (χ1) is 20.1. The molecule has 1 N–H and O–H groups in total. The third kappa shape index (κ3) is 3.55. The highest BCUT2D eigenvalue weighted by molar-refractivity contribution is 6.24. The Morgan fingerprint density at radius 1 is 0.929 bits per heavy atom. The summed E-state index contributed by atoms with van der Waals surface area (Å²) < 4.78 is 15.6. The van der Waals surface area contributed by atoms with E-state index in [2.05, 4.69) is 0 Å². The minimum Gasteiger partial charge on any atom is -0.502 e. The van der Waals surface area contributed by atoms with Crippen molar-refractivity contribution in [3.63, 3.8) is 0 Å². The number of fused-ring (bicyclic) bond motifs is 4. The molecule has 2 aromatic rings. The highest BCUT2D eigenvalue weighted by Crippen LogP contribution is 2.64. The van der Waals surface area contributed by atoms with Crippen LogP contribution in [0.25, 0.3) is 0 Å². The summed E-state index contributed by atoms with van der Waals surface area (Å²) in [5, 5.41) is 10.6. The summed E-state index contributed by atoms with van der Waals surface area (Å²) in [6.45, 7) is 1.75. The topological polar surface area (TPSA) is 140 Å². The predicted molar refractivity (Wildman–Crippen MR) is 147 cm³/mol. The molecule has 0 bridgehead atoms. The van der Waals surface area contributed by atoms with Gasteiger partial charge in [-0.15, -0.1) is 0 Å². The van der Waals surface area contributed by atoms with Crippen LogP contribution in [0.5, 0.6) is 17.2 Å². The number of phenolic OH excluding ortho intramolecular Hbond substituents is 1. The second kappa shape index (κ2) is 9.71.